The van der Waals surface area contributed by atoms with E-state index in [1.165, 1.54) is 142 Å². The molecule has 408 valence electrons. The van der Waals surface area contributed by atoms with Crippen molar-refractivity contribution < 1.29 is 43.2 Å². The van der Waals surface area contributed by atoms with Crippen molar-refractivity contribution in [2.24, 2.45) is 0 Å². The molecule has 9 nitrogen and oxygen atoms in total. The minimum Gasteiger partial charge on any atom is -0.463 e. The zero-order chi connectivity index (χ0) is 50.9. The summed E-state index contributed by atoms with van der Waals surface area (Å²) >= 11 is 0. The molecule has 0 spiro atoms. The molecule has 4 unspecified atom stereocenters. The van der Waals surface area contributed by atoms with Crippen LogP contribution in [0.15, 0.2) is 36.5 Å². The summed E-state index contributed by atoms with van der Waals surface area (Å²) in [5.41, 5.74) is 0. The van der Waals surface area contributed by atoms with Crippen molar-refractivity contribution in [1.82, 2.24) is 0 Å². The Labute approximate surface area is 430 Å². The zero-order valence-corrected chi connectivity index (χ0v) is 46.0. The summed E-state index contributed by atoms with van der Waals surface area (Å²) in [6.45, 7) is 6.16. The number of hydrogen-bond donors (Lipinski definition) is 1. The summed E-state index contributed by atoms with van der Waals surface area (Å²) in [6.07, 6.45) is 56.6. The van der Waals surface area contributed by atoms with Crippen LogP contribution in [0.3, 0.4) is 0 Å². The maximum absolute atomic E-state index is 13.2. The zero-order valence-electron chi connectivity index (χ0n) is 46.0. The SMILES string of the molecule is CCCCCCCC/C=C\CCCCCCCC(=O)OCC1OC(COC(=O)CCCCCCC/C=C\CCCCCCCC)(OC)C(OC(=O)CCCCCCC/C=C\CCCCCCCC)C1O. The van der Waals surface area contributed by atoms with Crippen molar-refractivity contribution in [2.45, 2.75) is 315 Å². The molecule has 0 bridgehead atoms. The number of unbranched alkanes of at least 4 members (excludes halogenated alkanes) is 33. The molecule has 1 aliphatic rings. The number of carbonyl (C=O) groups excluding carboxylic acids is 3. The average molecular weight is 988 g/mol. The van der Waals surface area contributed by atoms with Crippen molar-refractivity contribution in [1.29, 1.82) is 0 Å². The van der Waals surface area contributed by atoms with E-state index in [0.29, 0.717) is 12.8 Å². The molecule has 0 aliphatic carbocycles. The molecule has 0 amide bonds. The van der Waals surface area contributed by atoms with Gasteiger partial charge in [-0.3, -0.25) is 14.4 Å². The molecule has 1 aliphatic heterocycles. The van der Waals surface area contributed by atoms with Crippen molar-refractivity contribution in [3.8, 4) is 0 Å². The monoisotopic (exact) mass is 987 g/mol. The van der Waals surface area contributed by atoms with E-state index in [0.717, 1.165) is 103 Å². The maximum Gasteiger partial charge on any atom is 0.306 e. The lowest BCUT2D eigenvalue weighted by Gasteiger charge is -2.32. The predicted octanol–water partition coefficient (Wildman–Crippen LogP) is 17.2. The molecule has 0 aromatic heterocycles. The van der Waals surface area contributed by atoms with E-state index in [4.69, 9.17) is 23.7 Å². The van der Waals surface area contributed by atoms with Gasteiger partial charge in [-0.2, -0.15) is 0 Å². The van der Waals surface area contributed by atoms with Crippen LogP contribution in [-0.2, 0) is 38.1 Å². The number of ether oxygens (including phenoxy) is 5. The lowest BCUT2D eigenvalue weighted by molar-refractivity contribution is -0.271. The molecule has 9 heteroatoms. The van der Waals surface area contributed by atoms with Gasteiger partial charge in [-0.15, -0.1) is 0 Å². The fraction of sp³-hybridized carbons (Fsp3) is 0.852. The number of hydrogen-bond acceptors (Lipinski definition) is 9. The van der Waals surface area contributed by atoms with Crippen molar-refractivity contribution in [3.05, 3.63) is 36.5 Å². The van der Waals surface area contributed by atoms with Crippen LogP contribution in [0.5, 0.6) is 0 Å². The Hall–Kier alpha value is -2.49. The highest BCUT2D eigenvalue weighted by Crippen LogP contribution is 2.36. The number of methoxy groups -OCH3 is 1. The Kier molecular flexibility index (Phi) is 45.6. The summed E-state index contributed by atoms with van der Waals surface area (Å²) in [7, 11) is 1.39. The molecule has 0 radical (unpaired) electrons. The molecule has 1 rings (SSSR count). The number of rotatable bonds is 51. The van der Waals surface area contributed by atoms with E-state index in [9.17, 15) is 19.5 Å². The fourth-order valence-electron chi connectivity index (χ4n) is 9.20. The van der Waals surface area contributed by atoms with E-state index >= 15 is 0 Å². The molecule has 1 heterocycles. The Morgan fingerprint density at radius 2 is 0.729 bits per heavy atom. The van der Waals surface area contributed by atoms with Crippen LogP contribution in [0, 0.1) is 0 Å². The molecule has 4 atom stereocenters. The second-order valence-corrected chi connectivity index (χ2v) is 20.4. The smallest absolute Gasteiger partial charge is 0.306 e. The van der Waals surface area contributed by atoms with Crippen LogP contribution in [0.1, 0.15) is 290 Å². The lowest BCUT2D eigenvalue weighted by Crippen LogP contribution is -2.51. The fourth-order valence-corrected chi connectivity index (χ4v) is 9.20. The molecular formula is C61H110O9. The third kappa shape index (κ3) is 37.3. The van der Waals surface area contributed by atoms with Crippen molar-refractivity contribution in [2.75, 3.05) is 20.3 Å². The maximum atomic E-state index is 13.2. The second-order valence-electron chi connectivity index (χ2n) is 20.4. The van der Waals surface area contributed by atoms with Gasteiger partial charge in [0.1, 0.15) is 25.4 Å². The van der Waals surface area contributed by atoms with Crippen LogP contribution >= 0.6 is 0 Å². The van der Waals surface area contributed by atoms with E-state index in [2.05, 4.69) is 57.2 Å². The van der Waals surface area contributed by atoms with Crippen LogP contribution in [0.25, 0.3) is 0 Å². The molecule has 1 saturated heterocycles. The minimum absolute atomic E-state index is 0.187. The largest absolute Gasteiger partial charge is 0.463 e. The van der Waals surface area contributed by atoms with Gasteiger partial charge in [-0.25, -0.2) is 0 Å². The van der Waals surface area contributed by atoms with Gasteiger partial charge in [0.05, 0.1) is 0 Å². The van der Waals surface area contributed by atoms with Crippen LogP contribution < -0.4 is 0 Å². The first-order chi connectivity index (χ1) is 34.3. The van der Waals surface area contributed by atoms with Crippen LogP contribution in [0.2, 0.25) is 0 Å². The number of carbonyl (C=O) groups is 3. The standard InChI is InChI=1S/C61H110O9/c1-5-8-11-14-17-20-23-26-29-32-35-38-41-44-47-50-56(62)67-53-55-59(65)60(69-58(64)52-49-46-43-40-37-34-31-28-25-22-19-16-13-10-7-3)61(66-4,70-55)54-68-57(63)51-48-45-42-39-36-33-30-27-24-21-18-15-12-9-6-2/h26-31,55,59-60,65H,5-25,32-54H2,1-4H3/b29-26-,30-27-,31-28-. The first-order valence-electron chi connectivity index (χ1n) is 29.7. The van der Waals surface area contributed by atoms with Crippen LogP contribution in [0.4, 0.5) is 0 Å². The number of esters is 3. The minimum atomic E-state index is -1.74. The van der Waals surface area contributed by atoms with Gasteiger partial charge in [0.2, 0.25) is 5.79 Å². The molecule has 0 saturated carbocycles. The highest BCUT2D eigenvalue weighted by Gasteiger charge is 2.59. The average Bonchev–Trinajstić information content (AvgIpc) is 3.62. The highest BCUT2D eigenvalue weighted by atomic mass is 16.8. The van der Waals surface area contributed by atoms with E-state index in [-0.39, 0.29) is 38.4 Å². The van der Waals surface area contributed by atoms with Gasteiger partial charge < -0.3 is 28.8 Å². The van der Waals surface area contributed by atoms with E-state index in [1.54, 1.807) is 0 Å². The highest BCUT2D eigenvalue weighted by molar-refractivity contribution is 5.70. The molecule has 0 aromatic carbocycles. The van der Waals surface area contributed by atoms with E-state index < -0.39 is 36.0 Å². The van der Waals surface area contributed by atoms with Gasteiger partial charge in [-0.1, -0.05) is 211 Å². The molecule has 1 N–H and O–H groups in total. The second kappa shape index (κ2) is 48.8. The van der Waals surface area contributed by atoms with Gasteiger partial charge in [0.15, 0.2) is 6.10 Å². The third-order valence-corrected chi connectivity index (χ3v) is 13.9. The number of aliphatic hydroxyl groups excluding tert-OH is 1. The summed E-state index contributed by atoms with van der Waals surface area (Å²) in [6, 6.07) is 0. The number of aliphatic hydroxyl groups is 1. The lowest BCUT2D eigenvalue weighted by atomic mass is 10.0. The van der Waals surface area contributed by atoms with Gasteiger partial charge in [0, 0.05) is 26.4 Å². The summed E-state index contributed by atoms with van der Waals surface area (Å²) < 4.78 is 29.1. The molecule has 70 heavy (non-hydrogen) atoms. The summed E-state index contributed by atoms with van der Waals surface area (Å²) in [5.74, 6) is -2.99. The van der Waals surface area contributed by atoms with Crippen molar-refractivity contribution in [3.63, 3.8) is 0 Å². The molecular weight excluding hydrogens is 877 g/mol. The van der Waals surface area contributed by atoms with Gasteiger partial charge in [0.25, 0.3) is 0 Å². The van der Waals surface area contributed by atoms with Gasteiger partial charge >= 0.3 is 17.9 Å². The Morgan fingerprint density at radius 3 is 1.07 bits per heavy atom. The Bertz CT molecular complexity index is 1300. The van der Waals surface area contributed by atoms with E-state index in [1.807, 2.05) is 0 Å². The third-order valence-electron chi connectivity index (χ3n) is 13.9. The Balaban J connectivity index is 2.54. The normalized spacial score (nSPS) is 18.2. The quantitative estimate of drug-likeness (QED) is 0.0275. The Morgan fingerprint density at radius 1 is 0.429 bits per heavy atom. The van der Waals surface area contributed by atoms with Gasteiger partial charge in [-0.05, 0) is 96.3 Å². The summed E-state index contributed by atoms with van der Waals surface area (Å²) in [5, 5.41) is 11.5. The predicted molar refractivity (Wildman–Crippen MR) is 291 cm³/mol. The first-order valence-corrected chi connectivity index (χ1v) is 29.7. The van der Waals surface area contributed by atoms with Crippen molar-refractivity contribution >= 4 is 17.9 Å². The molecule has 1 fully saturated rings. The topological polar surface area (TPSA) is 118 Å². The first kappa shape index (κ1) is 65.5. The summed E-state index contributed by atoms with van der Waals surface area (Å²) in [4.78, 5) is 39.0. The molecule has 0 aromatic rings. The van der Waals surface area contributed by atoms with Crippen LogP contribution in [-0.4, -0.2) is 67.4 Å². The number of allylic oxidation sites excluding steroid dienone is 6.